The monoisotopic (exact) mass is 234 g/mol. The summed E-state index contributed by atoms with van der Waals surface area (Å²) >= 11 is 0. The first-order valence-corrected chi connectivity index (χ1v) is 5.63. The van der Waals surface area contributed by atoms with Crippen molar-refractivity contribution in [1.29, 1.82) is 0 Å². The molecule has 0 saturated carbocycles. The fraction of sp³-hybridized carbons (Fsp3) is 0.385. The minimum absolute atomic E-state index is 0.0427. The van der Waals surface area contributed by atoms with Gasteiger partial charge in [-0.1, -0.05) is 12.1 Å². The molecule has 90 valence electrons. The summed E-state index contributed by atoms with van der Waals surface area (Å²) in [5.41, 5.74) is 1.20. The number of ketones is 1. The third-order valence-electron chi connectivity index (χ3n) is 2.66. The summed E-state index contributed by atoms with van der Waals surface area (Å²) in [5, 5.41) is 0. The Morgan fingerprint density at radius 3 is 2.94 bits per heavy atom. The van der Waals surface area contributed by atoms with Crippen molar-refractivity contribution in [2.45, 2.75) is 26.4 Å². The first-order chi connectivity index (χ1) is 8.13. The highest BCUT2D eigenvalue weighted by atomic mass is 16.5. The van der Waals surface area contributed by atoms with E-state index in [2.05, 4.69) is 0 Å². The number of carbonyl (C=O) groups excluding carboxylic acids is 2. The second-order valence-corrected chi connectivity index (χ2v) is 3.96. The zero-order valence-electron chi connectivity index (χ0n) is 9.86. The van der Waals surface area contributed by atoms with E-state index in [0.717, 1.165) is 5.56 Å². The molecule has 1 unspecified atom stereocenters. The number of esters is 1. The van der Waals surface area contributed by atoms with Crippen LogP contribution in [0.5, 0.6) is 5.75 Å². The molecule has 0 amide bonds. The average molecular weight is 234 g/mol. The van der Waals surface area contributed by atoms with Crippen molar-refractivity contribution in [1.82, 2.24) is 0 Å². The van der Waals surface area contributed by atoms with E-state index in [1.165, 1.54) is 0 Å². The Kier molecular flexibility index (Phi) is 3.13. The van der Waals surface area contributed by atoms with Crippen molar-refractivity contribution in [2.24, 2.45) is 0 Å². The zero-order chi connectivity index (χ0) is 12.4. The van der Waals surface area contributed by atoms with Crippen LogP contribution in [-0.2, 0) is 16.0 Å². The summed E-state index contributed by atoms with van der Waals surface area (Å²) in [6.45, 7) is 3.80. The highest BCUT2D eigenvalue weighted by Gasteiger charge is 2.27. The largest absolute Gasteiger partial charge is 0.490 e. The van der Waals surface area contributed by atoms with Crippen molar-refractivity contribution < 1.29 is 19.1 Å². The Hall–Kier alpha value is -1.84. The molecule has 0 radical (unpaired) electrons. The van der Waals surface area contributed by atoms with Crippen molar-refractivity contribution in [3.05, 3.63) is 29.3 Å². The molecule has 0 fully saturated rings. The van der Waals surface area contributed by atoms with Crippen LogP contribution >= 0.6 is 0 Å². The lowest BCUT2D eigenvalue weighted by atomic mass is 10.00. The Balaban J connectivity index is 2.32. The van der Waals surface area contributed by atoms with Gasteiger partial charge in [-0.25, -0.2) is 4.79 Å². The number of benzene rings is 1. The number of hydrogen-bond acceptors (Lipinski definition) is 4. The molecule has 4 heteroatoms. The lowest BCUT2D eigenvalue weighted by Gasteiger charge is -2.05. The molecule has 2 rings (SSSR count). The van der Waals surface area contributed by atoms with Gasteiger partial charge in [0.25, 0.3) is 5.78 Å². The molecule has 0 aliphatic carbocycles. The maximum Gasteiger partial charge on any atom is 0.379 e. The maximum absolute atomic E-state index is 11.9. The van der Waals surface area contributed by atoms with Gasteiger partial charge in [-0.3, -0.25) is 4.79 Å². The summed E-state index contributed by atoms with van der Waals surface area (Å²) in [6, 6.07) is 5.16. The third-order valence-corrected chi connectivity index (χ3v) is 2.66. The number of ether oxygens (including phenoxy) is 2. The van der Waals surface area contributed by atoms with Crippen LogP contribution in [0, 0.1) is 0 Å². The molecule has 0 N–H and O–H groups in total. The van der Waals surface area contributed by atoms with E-state index in [1.54, 1.807) is 25.1 Å². The fourth-order valence-corrected chi connectivity index (χ4v) is 1.95. The van der Waals surface area contributed by atoms with Crippen LogP contribution in [0.15, 0.2) is 18.2 Å². The zero-order valence-corrected chi connectivity index (χ0v) is 9.86. The van der Waals surface area contributed by atoms with Crippen molar-refractivity contribution >= 4 is 11.8 Å². The molecule has 1 aliphatic rings. The molecule has 1 aliphatic heterocycles. The summed E-state index contributed by atoms with van der Waals surface area (Å²) in [6.07, 6.45) is 0.692. The second-order valence-electron chi connectivity index (χ2n) is 3.96. The highest BCUT2D eigenvalue weighted by molar-refractivity contribution is 6.41. The van der Waals surface area contributed by atoms with Crippen LogP contribution in [0.4, 0.5) is 0 Å². The van der Waals surface area contributed by atoms with E-state index in [9.17, 15) is 9.59 Å². The Labute approximate surface area is 99.5 Å². The molecule has 1 atom stereocenters. The van der Waals surface area contributed by atoms with Gasteiger partial charge < -0.3 is 9.47 Å². The third kappa shape index (κ3) is 2.16. The minimum Gasteiger partial charge on any atom is -0.490 e. The standard InChI is InChI=1S/C13H14O4/c1-3-16-13(15)12(14)9-5-4-6-11-10(9)7-8(2)17-11/h4-6,8H,3,7H2,1-2H3. The lowest BCUT2D eigenvalue weighted by Crippen LogP contribution is -2.18. The van der Waals surface area contributed by atoms with Crippen LogP contribution in [0.2, 0.25) is 0 Å². The molecule has 0 saturated heterocycles. The normalized spacial score (nSPS) is 17.2. The van der Waals surface area contributed by atoms with E-state index >= 15 is 0 Å². The van der Waals surface area contributed by atoms with Crippen molar-refractivity contribution in [2.75, 3.05) is 6.61 Å². The molecule has 0 aromatic heterocycles. The van der Waals surface area contributed by atoms with Gasteiger partial charge in [-0.2, -0.15) is 0 Å². The van der Waals surface area contributed by atoms with Gasteiger partial charge in [0.1, 0.15) is 11.9 Å². The van der Waals surface area contributed by atoms with Crippen molar-refractivity contribution in [3.63, 3.8) is 0 Å². The van der Waals surface area contributed by atoms with Gasteiger partial charge in [0, 0.05) is 17.5 Å². The molecule has 1 heterocycles. The van der Waals surface area contributed by atoms with E-state index in [4.69, 9.17) is 9.47 Å². The van der Waals surface area contributed by atoms with Gasteiger partial charge in [0.2, 0.25) is 0 Å². The predicted octanol–water partition coefficient (Wildman–Crippen LogP) is 1.76. The van der Waals surface area contributed by atoms with E-state index in [1.807, 2.05) is 6.92 Å². The molecule has 17 heavy (non-hydrogen) atoms. The van der Waals surface area contributed by atoms with Gasteiger partial charge in [-0.05, 0) is 19.9 Å². The van der Waals surface area contributed by atoms with Crippen molar-refractivity contribution in [3.8, 4) is 5.75 Å². The number of hydrogen-bond donors (Lipinski definition) is 0. The van der Waals surface area contributed by atoms with E-state index in [0.29, 0.717) is 17.7 Å². The molecule has 1 aromatic carbocycles. The molecule has 1 aromatic rings. The Morgan fingerprint density at radius 2 is 2.24 bits per heavy atom. The first kappa shape index (κ1) is 11.6. The SMILES string of the molecule is CCOC(=O)C(=O)c1cccc2c1CC(C)O2. The summed E-state index contributed by atoms with van der Waals surface area (Å²) < 4.78 is 10.2. The highest BCUT2D eigenvalue weighted by Crippen LogP contribution is 2.31. The number of carbonyl (C=O) groups is 2. The molecule has 0 spiro atoms. The van der Waals surface area contributed by atoms with E-state index in [-0.39, 0.29) is 12.7 Å². The van der Waals surface area contributed by atoms with Gasteiger partial charge >= 0.3 is 5.97 Å². The molecular formula is C13H14O4. The predicted molar refractivity (Wildman–Crippen MR) is 61.2 cm³/mol. The molecular weight excluding hydrogens is 220 g/mol. The quantitative estimate of drug-likeness (QED) is 0.454. The molecule has 4 nitrogen and oxygen atoms in total. The Bertz CT molecular complexity index is 464. The van der Waals surface area contributed by atoms with Gasteiger partial charge in [0.05, 0.1) is 6.61 Å². The van der Waals surface area contributed by atoms with Crippen LogP contribution in [-0.4, -0.2) is 24.5 Å². The number of rotatable bonds is 3. The number of Topliss-reactive ketones (excluding diaryl/α,β-unsaturated/α-hetero) is 1. The average Bonchev–Trinajstić information content (AvgIpc) is 2.68. The first-order valence-electron chi connectivity index (χ1n) is 5.63. The topological polar surface area (TPSA) is 52.6 Å². The second kappa shape index (κ2) is 4.57. The van der Waals surface area contributed by atoms with Gasteiger partial charge in [0.15, 0.2) is 0 Å². The Morgan fingerprint density at radius 1 is 1.47 bits per heavy atom. The van der Waals surface area contributed by atoms with E-state index < -0.39 is 11.8 Å². The maximum atomic E-state index is 11.9. The fourth-order valence-electron chi connectivity index (χ4n) is 1.95. The number of fused-ring (bicyclic) bond motifs is 1. The smallest absolute Gasteiger partial charge is 0.379 e. The summed E-state index contributed by atoms with van der Waals surface area (Å²) in [5.74, 6) is -0.713. The van der Waals surface area contributed by atoms with Crippen LogP contribution < -0.4 is 4.74 Å². The summed E-state index contributed by atoms with van der Waals surface area (Å²) in [4.78, 5) is 23.3. The minimum atomic E-state index is -0.805. The lowest BCUT2D eigenvalue weighted by molar-refractivity contribution is -0.137. The van der Waals surface area contributed by atoms with Crippen LogP contribution in [0.1, 0.15) is 29.8 Å². The van der Waals surface area contributed by atoms with Gasteiger partial charge in [-0.15, -0.1) is 0 Å². The summed E-state index contributed by atoms with van der Waals surface area (Å²) in [7, 11) is 0. The molecule has 0 bridgehead atoms. The van der Waals surface area contributed by atoms with Crippen LogP contribution in [0.3, 0.4) is 0 Å². The van der Waals surface area contributed by atoms with Crippen LogP contribution in [0.25, 0.3) is 0 Å².